The van der Waals surface area contributed by atoms with Gasteiger partial charge in [-0.05, 0) is 43.5 Å². The number of furan rings is 1. The van der Waals surface area contributed by atoms with E-state index in [-0.39, 0.29) is 24.7 Å². The van der Waals surface area contributed by atoms with E-state index in [4.69, 9.17) is 9.15 Å². The van der Waals surface area contributed by atoms with E-state index < -0.39 is 11.9 Å². The lowest BCUT2D eigenvalue weighted by atomic mass is 10.1. The maximum absolute atomic E-state index is 12.5. The van der Waals surface area contributed by atoms with Gasteiger partial charge in [-0.3, -0.25) is 14.4 Å². The highest BCUT2D eigenvalue weighted by Crippen LogP contribution is 2.19. The maximum atomic E-state index is 12.5. The van der Waals surface area contributed by atoms with Gasteiger partial charge >= 0.3 is 5.97 Å². The molecule has 3 rings (SSSR count). The summed E-state index contributed by atoms with van der Waals surface area (Å²) in [7, 11) is 0. The zero-order chi connectivity index (χ0) is 20.1. The molecule has 146 valence electrons. The first-order valence-corrected chi connectivity index (χ1v) is 9.53. The Balaban J connectivity index is 1.53. The van der Waals surface area contributed by atoms with Crippen LogP contribution in [0, 0.1) is 13.8 Å². The van der Waals surface area contributed by atoms with Crippen LogP contribution < -0.4 is 5.32 Å². The molecule has 3 heterocycles. The first-order valence-electron chi connectivity index (χ1n) is 8.65. The van der Waals surface area contributed by atoms with Gasteiger partial charge in [0.1, 0.15) is 6.54 Å². The number of carbonyl (C=O) groups excluding carboxylic acids is 3. The Hall–Kier alpha value is -3.13. The lowest BCUT2D eigenvalue weighted by Gasteiger charge is -2.08. The van der Waals surface area contributed by atoms with E-state index in [2.05, 4.69) is 9.88 Å². The molecule has 3 aromatic rings. The molecule has 0 atom stereocenters. The highest BCUT2D eigenvalue weighted by atomic mass is 32.1. The van der Waals surface area contributed by atoms with Crippen LogP contribution in [0.5, 0.6) is 0 Å². The molecule has 7 nitrogen and oxygen atoms in total. The van der Waals surface area contributed by atoms with Crippen molar-refractivity contribution in [2.75, 3.05) is 13.2 Å². The molecule has 8 heteroatoms. The van der Waals surface area contributed by atoms with Crippen LogP contribution in [0.2, 0.25) is 0 Å². The number of hydrogen-bond donors (Lipinski definition) is 1. The second kappa shape index (κ2) is 8.71. The Kier molecular flexibility index (Phi) is 6.10. The van der Waals surface area contributed by atoms with E-state index in [1.54, 1.807) is 23.5 Å². The molecule has 1 N–H and O–H groups in total. The average Bonchev–Trinajstić information content (AvgIpc) is 3.43. The van der Waals surface area contributed by atoms with Crippen molar-refractivity contribution in [3.63, 3.8) is 0 Å². The molecule has 3 aromatic heterocycles. The molecule has 0 unspecified atom stereocenters. The lowest BCUT2D eigenvalue weighted by molar-refractivity contribution is -0.141. The molecule has 0 radical (unpaired) electrons. The monoisotopic (exact) mass is 400 g/mol. The van der Waals surface area contributed by atoms with Gasteiger partial charge in [-0.1, -0.05) is 6.07 Å². The molecule has 28 heavy (non-hydrogen) atoms. The Morgan fingerprint density at radius 3 is 2.71 bits per heavy atom. The maximum Gasteiger partial charge on any atom is 0.325 e. The SMILES string of the molecule is Cc1cc(C(=O)COC(=O)CNC(=O)c2ccco2)c(C)n1Cc1cccs1. The largest absolute Gasteiger partial charge is 0.459 e. The van der Waals surface area contributed by atoms with Crippen molar-refractivity contribution in [2.45, 2.75) is 20.4 Å². The number of hydrogen-bond acceptors (Lipinski definition) is 6. The van der Waals surface area contributed by atoms with Crippen molar-refractivity contribution in [1.29, 1.82) is 0 Å². The number of nitrogens with zero attached hydrogens (tertiary/aromatic N) is 1. The van der Waals surface area contributed by atoms with Gasteiger partial charge in [-0.25, -0.2) is 0 Å². The number of aryl methyl sites for hydroxylation is 1. The predicted molar refractivity (Wildman–Crippen MR) is 104 cm³/mol. The molecule has 1 amide bonds. The van der Waals surface area contributed by atoms with Gasteiger partial charge < -0.3 is 19.0 Å². The van der Waals surface area contributed by atoms with Gasteiger partial charge in [0.05, 0.1) is 12.8 Å². The second-order valence-electron chi connectivity index (χ2n) is 6.19. The van der Waals surface area contributed by atoms with Gasteiger partial charge in [0, 0.05) is 21.8 Å². The van der Waals surface area contributed by atoms with Gasteiger partial charge in [-0.2, -0.15) is 0 Å². The predicted octanol–water partition coefficient (Wildman–Crippen LogP) is 2.96. The van der Waals surface area contributed by atoms with Crippen molar-refractivity contribution in [3.8, 4) is 0 Å². The van der Waals surface area contributed by atoms with Crippen molar-refractivity contribution in [2.24, 2.45) is 0 Å². The summed E-state index contributed by atoms with van der Waals surface area (Å²) >= 11 is 1.66. The summed E-state index contributed by atoms with van der Waals surface area (Å²) in [4.78, 5) is 37.2. The molecule has 0 spiro atoms. The zero-order valence-corrected chi connectivity index (χ0v) is 16.4. The van der Waals surface area contributed by atoms with Crippen LogP contribution in [0.15, 0.2) is 46.4 Å². The summed E-state index contributed by atoms with van der Waals surface area (Å²) < 4.78 is 12.0. The zero-order valence-electron chi connectivity index (χ0n) is 15.6. The van der Waals surface area contributed by atoms with Crippen molar-refractivity contribution in [3.05, 3.63) is 69.6 Å². The quantitative estimate of drug-likeness (QED) is 0.464. The minimum atomic E-state index is -0.694. The third-order valence-corrected chi connectivity index (χ3v) is 5.13. The average molecular weight is 400 g/mol. The van der Waals surface area contributed by atoms with Crippen LogP contribution in [0.3, 0.4) is 0 Å². The summed E-state index contributed by atoms with van der Waals surface area (Å²) in [5.74, 6) is -1.40. The Bertz CT molecular complexity index is 971. The van der Waals surface area contributed by atoms with Crippen LogP contribution in [0.4, 0.5) is 0 Å². The summed E-state index contributed by atoms with van der Waals surface area (Å²) in [5.41, 5.74) is 2.32. The van der Waals surface area contributed by atoms with Crippen molar-refractivity contribution < 1.29 is 23.5 Å². The number of nitrogens with one attached hydrogen (secondary N) is 1. The minimum absolute atomic E-state index is 0.0991. The summed E-state index contributed by atoms with van der Waals surface area (Å²) in [6, 6.07) is 8.89. The van der Waals surface area contributed by atoms with Gasteiger partial charge in [0.2, 0.25) is 5.78 Å². The van der Waals surface area contributed by atoms with Crippen LogP contribution in [-0.2, 0) is 16.1 Å². The first kappa shape index (κ1) is 19.6. The molecule has 0 aromatic carbocycles. The summed E-state index contributed by atoms with van der Waals surface area (Å²) in [6.07, 6.45) is 1.36. The van der Waals surface area contributed by atoms with Crippen LogP contribution in [-0.4, -0.2) is 35.4 Å². The fourth-order valence-electron chi connectivity index (χ4n) is 2.81. The Morgan fingerprint density at radius 2 is 2.04 bits per heavy atom. The molecule has 0 aliphatic heterocycles. The number of ether oxygens (including phenoxy) is 1. The van der Waals surface area contributed by atoms with E-state index in [0.29, 0.717) is 12.1 Å². The highest BCUT2D eigenvalue weighted by Gasteiger charge is 2.18. The Morgan fingerprint density at radius 1 is 1.21 bits per heavy atom. The number of Topliss-reactive ketones (excluding diaryl/α,β-unsaturated/α-hetero) is 1. The number of aromatic nitrogens is 1. The fourth-order valence-corrected chi connectivity index (χ4v) is 3.50. The summed E-state index contributed by atoms with van der Waals surface area (Å²) in [5, 5.41) is 4.39. The molecule has 0 saturated heterocycles. The van der Waals surface area contributed by atoms with Crippen molar-refractivity contribution >= 4 is 29.0 Å². The van der Waals surface area contributed by atoms with Crippen LogP contribution in [0.1, 0.15) is 37.2 Å². The number of esters is 1. The minimum Gasteiger partial charge on any atom is -0.459 e. The standard InChI is InChI=1S/C20H20N2O5S/c1-13-9-16(14(2)22(13)11-15-5-4-8-28-15)17(23)12-27-19(24)10-21-20(25)18-6-3-7-26-18/h3-9H,10-12H2,1-2H3,(H,21,25). The Labute approximate surface area is 165 Å². The van der Waals surface area contributed by atoms with E-state index >= 15 is 0 Å². The molecule has 0 bridgehead atoms. The molecule has 0 saturated carbocycles. The number of amides is 1. The molecule has 0 aliphatic carbocycles. The van der Waals surface area contributed by atoms with Crippen molar-refractivity contribution in [1.82, 2.24) is 9.88 Å². The molecular formula is C20H20N2O5S. The second-order valence-corrected chi connectivity index (χ2v) is 7.23. The van der Waals surface area contributed by atoms with Gasteiger partial charge in [0.25, 0.3) is 5.91 Å². The third kappa shape index (κ3) is 4.58. The number of ketones is 1. The van der Waals surface area contributed by atoms with Crippen LogP contribution >= 0.6 is 11.3 Å². The number of rotatable bonds is 8. The highest BCUT2D eigenvalue weighted by molar-refractivity contribution is 7.09. The van der Waals surface area contributed by atoms with E-state index in [0.717, 1.165) is 11.4 Å². The number of thiophene rings is 1. The van der Waals surface area contributed by atoms with Crippen LogP contribution in [0.25, 0.3) is 0 Å². The summed E-state index contributed by atoms with van der Waals surface area (Å²) in [6.45, 7) is 3.79. The first-order chi connectivity index (χ1) is 13.5. The van der Waals surface area contributed by atoms with E-state index in [1.807, 2.05) is 31.4 Å². The smallest absolute Gasteiger partial charge is 0.325 e. The van der Waals surface area contributed by atoms with E-state index in [9.17, 15) is 14.4 Å². The molecule has 0 fully saturated rings. The molecular weight excluding hydrogens is 380 g/mol. The topological polar surface area (TPSA) is 90.5 Å². The number of carbonyl (C=O) groups is 3. The molecule has 0 aliphatic rings. The van der Waals surface area contributed by atoms with Gasteiger partial charge in [-0.15, -0.1) is 11.3 Å². The fraction of sp³-hybridized carbons (Fsp3) is 0.250. The van der Waals surface area contributed by atoms with Gasteiger partial charge in [0.15, 0.2) is 12.4 Å². The lowest BCUT2D eigenvalue weighted by Crippen LogP contribution is -2.31. The van der Waals surface area contributed by atoms with E-state index in [1.165, 1.54) is 17.2 Å². The normalized spacial score (nSPS) is 10.6. The third-order valence-electron chi connectivity index (χ3n) is 4.27.